The smallest absolute Gasteiger partial charge is 0.310 e. The van der Waals surface area contributed by atoms with Crippen molar-refractivity contribution >= 4 is 5.97 Å². The van der Waals surface area contributed by atoms with Crippen LogP contribution in [0.5, 0.6) is 0 Å². The molecule has 1 aliphatic rings. The largest absolute Gasteiger partial charge is 0.466 e. The van der Waals surface area contributed by atoms with E-state index in [9.17, 15) is 9.90 Å². The molecule has 0 aromatic carbocycles. The minimum Gasteiger partial charge on any atom is -0.466 e. The minimum atomic E-state index is -0.698. The second-order valence-electron chi connectivity index (χ2n) is 5.84. The number of rotatable bonds is 5. The Morgan fingerprint density at radius 1 is 1.56 bits per heavy atom. The normalized spacial score (nSPS) is 24.9. The van der Waals surface area contributed by atoms with E-state index in [0.717, 1.165) is 19.4 Å². The second kappa shape index (κ2) is 6.53. The average molecular weight is 257 g/mol. The molecule has 0 radical (unpaired) electrons. The summed E-state index contributed by atoms with van der Waals surface area (Å²) in [5.74, 6) is 0.0912. The van der Waals surface area contributed by atoms with Crippen LogP contribution in [0, 0.1) is 11.8 Å². The minimum absolute atomic E-state index is 0.0262. The predicted molar refractivity (Wildman–Crippen MR) is 71.3 cm³/mol. The summed E-state index contributed by atoms with van der Waals surface area (Å²) in [7, 11) is 0. The molecule has 106 valence electrons. The Hall–Kier alpha value is -0.610. The van der Waals surface area contributed by atoms with Gasteiger partial charge in [-0.15, -0.1) is 0 Å². The molecule has 2 atom stereocenters. The molecule has 4 nitrogen and oxygen atoms in total. The first kappa shape index (κ1) is 15.4. The van der Waals surface area contributed by atoms with E-state index >= 15 is 0 Å². The lowest BCUT2D eigenvalue weighted by atomic mass is 9.90. The van der Waals surface area contributed by atoms with Crippen LogP contribution in [0.2, 0.25) is 0 Å². The molecule has 0 amide bonds. The molecule has 0 aliphatic carbocycles. The molecule has 18 heavy (non-hydrogen) atoms. The Balaban J connectivity index is 2.51. The summed E-state index contributed by atoms with van der Waals surface area (Å²) in [6.45, 7) is 10.5. The zero-order valence-electron chi connectivity index (χ0n) is 12.1. The first-order chi connectivity index (χ1) is 8.36. The van der Waals surface area contributed by atoms with Crippen molar-refractivity contribution in [3.05, 3.63) is 0 Å². The molecular weight excluding hydrogens is 230 g/mol. The van der Waals surface area contributed by atoms with E-state index < -0.39 is 5.60 Å². The molecule has 1 aliphatic heterocycles. The number of β-amino-alcohol motifs (C(OH)–C–C–N with tert-alkyl or cyclic N) is 1. The predicted octanol–water partition coefficient (Wildman–Crippen LogP) is 1.67. The highest BCUT2D eigenvalue weighted by Crippen LogP contribution is 2.23. The number of nitrogens with zero attached hydrogens (tertiary/aromatic N) is 1. The highest BCUT2D eigenvalue weighted by atomic mass is 16.5. The van der Waals surface area contributed by atoms with Crippen LogP contribution in [0.15, 0.2) is 0 Å². The zero-order valence-corrected chi connectivity index (χ0v) is 12.1. The number of hydrogen-bond acceptors (Lipinski definition) is 4. The van der Waals surface area contributed by atoms with Crippen molar-refractivity contribution in [1.29, 1.82) is 0 Å². The molecule has 0 spiro atoms. The van der Waals surface area contributed by atoms with Crippen molar-refractivity contribution in [2.24, 2.45) is 11.8 Å². The van der Waals surface area contributed by atoms with Crippen LogP contribution in [0.4, 0.5) is 0 Å². The highest BCUT2D eigenvalue weighted by molar-refractivity contribution is 5.72. The van der Waals surface area contributed by atoms with Gasteiger partial charge in [-0.1, -0.05) is 13.8 Å². The number of piperidine rings is 1. The third-order valence-electron chi connectivity index (χ3n) is 3.91. The van der Waals surface area contributed by atoms with Crippen molar-refractivity contribution in [3.63, 3.8) is 0 Å². The van der Waals surface area contributed by atoms with Gasteiger partial charge in [0.1, 0.15) is 0 Å². The maximum Gasteiger partial charge on any atom is 0.310 e. The van der Waals surface area contributed by atoms with Gasteiger partial charge in [0.15, 0.2) is 0 Å². The van der Waals surface area contributed by atoms with Gasteiger partial charge in [-0.2, -0.15) is 0 Å². The summed E-state index contributed by atoms with van der Waals surface area (Å²) in [6, 6.07) is 0. The number of carbonyl (C=O) groups is 1. The highest BCUT2D eigenvalue weighted by Gasteiger charge is 2.32. The molecule has 1 rings (SSSR count). The SMILES string of the molecule is CCOC(=O)[C@H]1CCCN(CC(C)(O)C(C)C)C1. The number of hydrogen-bond donors (Lipinski definition) is 1. The van der Waals surface area contributed by atoms with Gasteiger partial charge in [-0.25, -0.2) is 0 Å². The standard InChI is InChI=1S/C14H27NO3/c1-5-18-13(16)12-7-6-8-15(9-12)10-14(4,17)11(2)3/h11-12,17H,5-10H2,1-4H3/t12-,14?/m0/s1. The van der Waals surface area contributed by atoms with E-state index in [4.69, 9.17) is 4.74 Å². The van der Waals surface area contributed by atoms with Gasteiger partial charge in [-0.3, -0.25) is 9.69 Å². The molecule has 0 aromatic rings. The van der Waals surface area contributed by atoms with Gasteiger partial charge in [-0.05, 0) is 39.2 Å². The fourth-order valence-electron chi connectivity index (χ4n) is 2.29. The molecule has 1 saturated heterocycles. The molecule has 1 fully saturated rings. The molecule has 4 heteroatoms. The third kappa shape index (κ3) is 4.25. The number of likely N-dealkylation sites (tertiary alicyclic amines) is 1. The van der Waals surface area contributed by atoms with Crippen LogP contribution >= 0.6 is 0 Å². The topological polar surface area (TPSA) is 49.8 Å². The molecule has 1 N–H and O–H groups in total. The Kier molecular flexibility index (Phi) is 5.60. The first-order valence-corrected chi connectivity index (χ1v) is 6.98. The van der Waals surface area contributed by atoms with Crippen LogP contribution < -0.4 is 0 Å². The van der Waals surface area contributed by atoms with Gasteiger partial charge >= 0.3 is 5.97 Å². The Morgan fingerprint density at radius 3 is 2.78 bits per heavy atom. The fraction of sp³-hybridized carbons (Fsp3) is 0.929. The van der Waals surface area contributed by atoms with Gasteiger partial charge in [0.25, 0.3) is 0 Å². The molecule has 0 bridgehead atoms. The summed E-state index contributed by atoms with van der Waals surface area (Å²) < 4.78 is 5.08. The maximum atomic E-state index is 11.7. The zero-order chi connectivity index (χ0) is 13.8. The van der Waals surface area contributed by atoms with Gasteiger partial charge in [0, 0.05) is 13.1 Å². The molecule has 0 aromatic heterocycles. The molecule has 0 saturated carbocycles. The van der Waals surface area contributed by atoms with Crippen LogP contribution in [0.1, 0.15) is 40.5 Å². The number of carbonyl (C=O) groups excluding carboxylic acids is 1. The van der Waals surface area contributed by atoms with Crippen LogP contribution in [0.25, 0.3) is 0 Å². The molecular formula is C14H27NO3. The van der Waals surface area contributed by atoms with E-state index in [2.05, 4.69) is 4.90 Å². The van der Waals surface area contributed by atoms with Gasteiger partial charge < -0.3 is 9.84 Å². The van der Waals surface area contributed by atoms with E-state index in [-0.39, 0.29) is 17.8 Å². The lowest BCUT2D eigenvalue weighted by Crippen LogP contribution is -2.49. The quantitative estimate of drug-likeness (QED) is 0.761. The van der Waals surface area contributed by atoms with Gasteiger partial charge in [0.2, 0.25) is 0 Å². The second-order valence-corrected chi connectivity index (χ2v) is 5.84. The summed E-state index contributed by atoms with van der Waals surface area (Å²) in [5, 5.41) is 10.3. The van der Waals surface area contributed by atoms with E-state index in [0.29, 0.717) is 19.7 Å². The maximum absolute atomic E-state index is 11.7. The van der Waals surface area contributed by atoms with Gasteiger partial charge in [0.05, 0.1) is 18.1 Å². The van der Waals surface area contributed by atoms with E-state index in [1.165, 1.54) is 0 Å². The van der Waals surface area contributed by atoms with Crippen LogP contribution in [0.3, 0.4) is 0 Å². The van der Waals surface area contributed by atoms with Crippen molar-refractivity contribution in [2.45, 2.75) is 46.1 Å². The molecule has 1 heterocycles. The summed E-state index contributed by atoms with van der Waals surface area (Å²) in [4.78, 5) is 13.9. The number of esters is 1. The van der Waals surface area contributed by atoms with Crippen molar-refractivity contribution in [2.75, 3.05) is 26.2 Å². The third-order valence-corrected chi connectivity index (χ3v) is 3.91. The van der Waals surface area contributed by atoms with Crippen molar-refractivity contribution in [3.8, 4) is 0 Å². The summed E-state index contributed by atoms with van der Waals surface area (Å²) >= 11 is 0. The van der Waals surface area contributed by atoms with Crippen molar-refractivity contribution in [1.82, 2.24) is 4.90 Å². The number of ether oxygens (including phenoxy) is 1. The van der Waals surface area contributed by atoms with E-state index in [1.54, 1.807) is 0 Å². The summed E-state index contributed by atoms with van der Waals surface area (Å²) in [5.41, 5.74) is -0.698. The Bertz CT molecular complexity index is 276. The average Bonchev–Trinajstić information content (AvgIpc) is 2.29. The van der Waals surface area contributed by atoms with Crippen LogP contribution in [-0.4, -0.2) is 47.8 Å². The van der Waals surface area contributed by atoms with Crippen LogP contribution in [-0.2, 0) is 9.53 Å². The number of aliphatic hydroxyl groups is 1. The fourth-order valence-corrected chi connectivity index (χ4v) is 2.29. The Labute approximate surface area is 110 Å². The van der Waals surface area contributed by atoms with Crippen molar-refractivity contribution < 1.29 is 14.6 Å². The summed E-state index contributed by atoms with van der Waals surface area (Å²) in [6.07, 6.45) is 1.90. The lowest BCUT2D eigenvalue weighted by Gasteiger charge is -2.38. The monoisotopic (exact) mass is 257 g/mol. The first-order valence-electron chi connectivity index (χ1n) is 6.98. The van der Waals surface area contributed by atoms with E-state index in [1.807, 2.05) is 27.7 Å². The Morgan fingerprint density at radius 2 is 2.22 bits per heavy atom. The molecule has 1 unspecified atom stereocenters. The lowest BCUT2D eigenvalue weighted by molar-refractivity contribution is -0.150.